The number of carbonyl (C=O) groups is 2. The first-order valence-corrected chi connectivity index (χ1v) is 10.4. The Balaban J connectivity index is 1.59. The number of thioether (sulfide) groups is 2. The number of hydrogen-bond donors (Lipinski definition) is 2. The normalized spacial score (nSPS) is 24.5. The van der Waals surface area contributed by atoms with Gasteiger partial charge in [0.05, 0.1) is 17.1 Å². The number of nitrogens with zero attached hydrogens (tertiary/aromatic N) is 1. The largest absolute Gasteiger partial charge is 0.390 e. The second-order valence-electron chi connectivity index (χ2n) is 5.88. The van der Waals surface area contributed by atoms with Gasteiger partial charge < -0.3 is 10.4 Å². The van der Waals surface area contributed by atoms with E-state index >= 15 is 0 Å². The topological polar surface area (TPSA) is 69.6 Å². The van der Waals surface area contributed by atoms with Crippen LogP contribution in [-0.2, 0) is 9.59 Å². The first kappa shape index (κ1) is 19.3. The number of aliphatic hydroxyl groups excluding tert-OH is 1. The molecule has 2 fully saturated rings. The molecule has 0 saturated carbocycles. The van der Waals surface area contributed by atoms with Gasteiger partial charge in [-0.15, -0.1) is 0 Å². The molecule has 2 amide bonds. The lowest BCUT2D eigenvalue weighted by molar-refractivity contribution is -0.124. The lowest BCUT2D eigenvalue weighted by Gasteiger charge is -2.18. The van der Waals surface area contributed by atoms with E-state index in [1.807, 2.05) is 0 Å². The third kappa shape index (κ3) is 4.46. The molecule has 0 spiro atoms. The molecule has 2 aliphatic heterocycles. The molecule has 1 aromatic carbocycles. The predicted molar refractivity (Wildman–Crippen MR) is 106 cm³/mol. The van der Waals surface area contributed by atoms with Crippen LogP contribution in [0.25, 0.3) is 6.08 Å². The fourth-order valence-electron chi connectivity index (χ4n) is 2.60. The molecule has 2 atom stereocenters. The van der Waals surface area contributed by atoms with E-state index in [9.17, 15) is 19.1 Å². The Bertz CT molecular complexity index is 771. The van der Waals surface area contributed by atoms with E-state index < -0.39 is 11.9 Å². The van der Waals surface area contributed by atoms with E-state index in [4.69, 9.17) is 12.2 Å². The van der Waals surface area contributed by atoms with Crippen molar-refractivity contribution in [3.8, 4) is 0 Å². The highest BCUT2D eigenvalue weighted by Gasteiger charge is 2.33. The summed E-state index contributed by atoms with van der Waals surface area (Å²) >= 11 is 7.90. The molecular formula is C17H17FN2O3S3. The van der Waals surface area contributed by atoms with Crippen LogP contribution in [0.15, 0.2) is 29.2 Å². The molecule has 138 valence electrons. The second kappa shape index (κ2) is 8.51. The molecule has 2 saturated heterocycles. The van der Waals surface area contributed by atoms with E-state index in [1.165, 1.54) is 17.0 Å². The summed E-state index contributed by atoms with van der Waals surface area (Å²) in [7, 11) is 0. The molecule has 0 unspecified atom stereocenters. The molecule has 2 heterocycles. The van der Waals surface area contributed by atoms with Crippen molar-refractivity contribution in [2.75, 3.05) is 18.1 Å². The number of nitrogens with one attached hydrogen (secondary N) is 1. The van der Waals surface area contributed by atoms with Crippen LogP contribution in [0.1, 0.15) is 12.0 Å². The van der Waals surface area contributed by atoms with Crippen molar-refractivity contribution in [3.05, 3.63) is 40.6 Å². The standard InChI is InChI=1S/C17H17FN2O3S3/c18-11-4-2-1-3-10(11)7-14-16(23)20(17(24)26-14)6-5-15(22)19-12-8-25-9-13(12)21/h1-4,7,12-13,21H,5-6,8-9H2,(H,19,22)/b14-7-/t12-,13+/m0/s1. The molecule has 0 bridgehead atoms. The minimum absolute atomic E-state index is 0.0906. The third-order valence-corrected chi connectivity index (χ3v) is 6.57. The fourth-order valence-corrected chi connectivity index (χ4v) is 5.07. The first-order chi connectivity index (χ1) is 12.5. The molecular weight excluding hydrogens is 395 g/mol. The Kier molecular flexibility index (Phi) is 6.33. The molecule has 3 rings (SSSR count). The number of aliphatic hydroxyl groups is 1. The third-order valence-electron chi connectivity index (χ3n) is 4.02. The van der Waals surface area contributed by atoms with Crippen molar-refractivity contribution in [3.63, 3.8) is 0 Å². The second-order valence-corrected chi connectivity index (χ2v) is 8.63. The Hall–Kier alpha value is -1.42. The van der Waals surface area contributed by atoms with Gasteiger partial charge in [-0.2, -0.15) is 11.8 Å². The average molecular weight is 413 g/mol. The molecule has 0 radical (unpaired) electrons. The maximum atomic E-state index is 13.8. The van der Waals surface area contributed by atoms with Gasteiger partial charge >= 0.3 is 0 Å². The summed E-state index contributed by atoms with van der Waals surface area (Å²) in [5.74, 6) is 0.321. The number of benzene rings is 1. The summed E-state index contributed by atoms with van der Waals surface area (Å²) in [6, 6.07) is 5.93. The maximum Gasteiger partial charge on any atom is 0.266 e. The number of thiocarbonyl (C=S) groups is 1. The lowest BCUT2D eigenvalue weighted by atomic mass is 10.2. The van der Waals surface area contributed by atoms with Gasteiger partial charge in [-0.05, 0) is 12.1 Å². The molecule has 2 aliphatic rings. The molecule has 0 aromatic heterocycles. The van der Waals surface area contributed by atoms with Crippen molar-refractivity contribution in [2.24, 2.45) is 0 Å². The maximum absolute atomic E-state index is 13.8. The van der Waals surface area contributed by atoms with Gasteiger partial charge in [0.1, 0.15) is 10.1 Å². The van der Waals surface area contributed by atoms with Crippen LogP contribution in [0.5, 0.6) is 0 Å². The number of amides is 2. The van der Waals surface area contributed by atoms with Crippen LogP contribution in [0.4, 0.5) is 4.39 Å². The van der Waals surface area contributed by atoms with Crippen LogP contribution >= 0.6 is 35.7 Å². The smallest absolute Gasteiger partial charge is 0.266 e. The van der Waals surface area contributed by atoms with Gasteiger partial charge in [-0.1, -0.05) is 42.2 Å². The van der Waals surface area contributed by atoms with Crippen molar-refractivity contribution in [1.29, 1.82) is 0 Å². The Morgan fingerprint density at radius 1 is 1.42 bits per heavy atom. The van der Waals surface area contributed by atoms with Gasteiger partial charge in [0.2, 0.25) is 5.91 Å². The molecule has 1 aromatic rings. The minimum Gasteiger partial charge on any atom is -0.390 e. The monoisotopic (exact) mass is 412 g/mol. The van der Waals surface area contributed by atoms with Crippen LogP contribution in [0.2, 0.25) is 0 Å². The van der Waals surface area contributed by atoms with Crippen LogP contribution < -0.4 is 5.32 Å². The zero-order chi connectivity index (χ0) is 18.7. The van der Waals surface area contributed by atoms with E-state index in [2.05, 4.69) is 5.32 Å². The van der Waals surface area contributed by atoms with Gasteiger partial charge in [-0.25, -0.2) is 4.39 Å². The van der Waals surface area contributed by atoms with Crippen LogP contribution in [-0.4, -0.2) is 56.3 Å². The highest BCUT2D eigenvalue weighted by molar-refractivity contribution is 8.26. The van der Waals surface area contributed by atoms with Crippen LogP contribution in [0, 0.1) is 5.82 Å². The van der Waals surface area contributed by atoms with E-state index in [1.54, 1.807) is 30.0 Å². The number of rotatable bonds is 5. The van der Waals surface area contributed by atoms with Gasteiger partial charge in [0.25, 0.3) is 5.91 Å². The van der Waals surface area contributed by atoms with E-state index in [0.717, 1.165) is 11.8 Å². The predicted octanol–water partition coefficient (Wildman–Crippen LogP) is 2.01. The van der Waals surface area contributed by atoms with Crippen LogP contribution in [0.3, 0.4) is 0 Å². The number of hydrogen-bond acceptors (Lipinski definition) is 6. The Morgan fingerprint density at radius 2 is 2.19 bits per heavy atom. The van der Waals surface area contributed by atoms with E-state index in [-0.39, 0.29) is 30.8 Å². The first-order valence-electron chi connectivity index (χ1n) is 8.01. The average Bonchev–Trinajstić information content (AvgIpc) is 3.12. The summed E-state index contributed by atoms with van der Waals surface area (Å²) in [5, 5.41) is 12.5. The zero-order valence-electron chi connectivity index (χ0n) is 13.7. The summed E-state index contributed by atoms with van der Waals surface area (Å²) in [6.45, 7) is 0.154. The summed E-state index contributed by atoms with van der Waals surface area (Å²) in [5.41, 5.74) is 0.318. The van der Waals surface area contributed by atoms with Crippen molar-refractivity contribution < 1.29 is 19.1 Å². The summed E-state index contributed by atoms with van der Waals surface area (Å²) in [4.78, 5) is 26.2. The van der Waals surface area contributed by atoms with Crippen molar-refractivity contribution in [2.45, 2.75) is 18.6 Å². The number of halogens is 1. The molecule has 2 N–H and O–H groups in total. The SMILES string of the molecule is O=C(CCN1C(=O)/C(=C/c2ccccc2F)SC1=S)N[C@H]1CSC[C@H]1O. The van der Waals surface area contributed by atoms with Crippen molar-refractivity contribution in [1.82, 2.24) is 10.2 Å². The fraction of sp³-hybridized carbons (Fsp3) is 0.353. The Morgan fingerprint density at radius 3 is 2.88 bits per heavy atom. The lowest BCUT2D eigenvalue weighted by Crippen LogP contribution is -2.43. The highest BCUT2D eigenvalue weighted by atomic mass is 32.2. The molecule has 5 nitrogen and oxygen atoms in total. The van der Waals surface area contributed by atoms with Gasteiger partial charge in [0.15, 0.2) is 0 Å². The van der Waals surface area contributed by atoms with E-state index in [0.29, 0.717) is 26.3 Å². The quantitative estimate of drug-likeness (QED) is 0.570. The van der Waals surface area contributed by atoms with Gasteiger partial charge in [-0.3, -0.25) is 14.5 Å². The molecule has 26 heavy (non-hydrogen) atoms. The van der Waals surface area contributed by atoms with Gasteiger partial charge in [0, 0.05) is 30.0 Å². The summed E-state index contributed by atoms with van der Waals surface area (Å²) < 4.78 is 14.1. The zero-order valence-corrected chi connectivity index (χ0v) is 16.1. The minimum atomic E-state index is -0.538. The number of carbonyl (C=O) groups excluding carboxylic acids is 2. The summed E-state index contributed by atoms with van der Waals surface area (Å²) in [6.07, 6.45) is 1.03. The highest BCUT2D eigenvalue weighted by Crippen LogP contribution is 2.33. The molecule has 0 aliphatic carbocycles. The van der Waals surface area contributed by atoms with Crippen molar-refractivity contribution >= 4 is 58.0 Å². The Labute approximate surface area is 164 Å². The molecule has 9 heteroatoms.